The van der Waals surface area contributed by atoms with E-state index in [0.29, 0.717) is 12.6 Å². The standard InChI is InChI=1S/C19H28N4O2S/c1-15-21-17(14-26-15)13-25-9-5-19-12-22(10-16-3-7-24-8-4-16)11-18-2-6-20-23(18)19/h2,6,14,16,19H,3-5,7-13H2,1H3/t19-/m1/s1. The molecule has 0 saturated carbocycles. The van der Waals surface area contributed by atoms with Crippen LogP contribution in [0.15, 0.2) is 17.6 Å². The van der Waals surface area contributed by atoms with E-state index in [1.54, 1.807) is 11.3 Å². The van der Waals surface area contributed by atoms with Gasteiger partial charge in [0.1, 0.15) is 0 Å². The first-order chi connectivity index (χ1) is 12.8. The first kappa shape index (κ1) is 18.1. The van der Waals surface area contributed by atoms with Gasteiger partial charge in [0.15, 0.2) is 0 Å². The van der Waals surface area contributed by atoms with Gasteiger partial charge in [0.2, 0.25) is 0 Å². The molecule has 142 valence electrons. The maximum absolute atomic E-state index is 5.88. The molecule has 0 bridgehead atoms. The third-order valence-electron chi connectivity index (χ3n) is 5.32. The van der Waals surface area contributed by atoms with E-state index in [4.69, 9.17) is 9.47 Å². The number of hydrogen-bond acceptors (Lipinski definition) is 6. The lowest BCUT2D eigenvalue weighted by atomic mass is 9.98. The van der Waals surface area contributed by atoms with Crippen molar-refractivity contribution in [3.63, 3.8) is 0 Å². The van der Waals surface area contributed by atoms with Crippen LogP contribution in [0.5, 0.6) is 0 Å². The zero-order chi connectivity index (χ0) is 17.8. The highest BCUT2D eigenvalue weighted by atomic mass is 32.1. The van der Waals surface area contributed by atoms with Gasteiger partial charge in [0.25, 0.3) is 0 Å². The normalized spacial score (nSPS) is 21.8. The largest absolute Gasteiger partial charge is 0.381 e. The molecular weight excluding hydrogens is 348 g/mol. The Kier molecular flexibility index (Phi) is 5.99. The molecule has 1 saturated heterocycles. The molecule has 4 heterocycles. The van der Waals surface area contributed by atoms with Gasteiger partial charge in [-0.15, -0.1) is 11.3 Å². The van der Waals surface area contributed by atoms with Crippen molar-refractivity contribution in [1.82, 2.24) is 19.7 Å². The molecule has 0 aliphatic carbocycles. The molecule has 0 spiro atoms. The topological polar surface area (TPSA) is 52.4 Å². The second kappa shape index (κ2) is 8.61. The van der Waals surface area contributed by atoms with Crippen molar-refractivity contribution in [3.05, 3.63) is 34.0 Å². The predicted molar refractivity (Wildman–Crippen MR) is 101 cm³/mol. The second-order valence-electron chi connectivity index (χ2n) is 7.37. The Hall–Kier alpha value is -1.28. The molecule has 6 nitrogen and oxygen atoms in total. The molecule has 2 aromatic heterocycles. The Morgan fingerprint density at radius 2 is 2.23 bits per heavy atom. The average Bonchev–Trinajstić information content (AvgIpc) is 3.28. The number of nitrogens with zero attached hydrogens (tertiary/aromatic N) is 4. The molecule has 0 unspecified atom stereocenters. The third kappa shape index (κ3) is 4.52. The number of ether oxygens (including phenoxy) is 2. The van der Waals surface area contributed by atoms with Gasteiger partial charge < -0.3 is 9.47 Å². The van der Waals surface area contributed by atoms with Crippen LogP contribution in [-0.4, -0.2) is 52.6 Å². The summed E-state index contributed by atoms with van der Waals surface area (Å²) in [5, 5.41) is 7.74. The number of fused-ring (bicyclic) bond motifs is 1. The first-order valence-corrected chi connectivity index (χ1v) is 10.5. The summed E-state index contributed by atoms with van der Waals surface area (Å²) in [5.74, 6) is 0.767. The molecule has 2 aliphatic heterocycles. The quantitative estimate of drug-likeness (QED) is 0.695. The molecule has 1 atom stereocenters. The van der Waals surface area contributed by atoms with Crippen molar-refractivity contribution in [2.45, 2.75) is 45.4 Å². The van der Waals surface area contributed by atoms with Crippen LogP contribution >= 0.6 is 11.3 Å². The molecule has 0 N–H and O–H groups in total. The molecule has 26 heavy (non-hydrogen) atoms. The Labute approximate surface area is 159 Å². The van der Waals surface area contributed by atoms with Crippen molar-refractivity contribution in [1.29, 1.82) is 0 Å². The number of thiazole rings is 1. The zero-order valence-electron chi connectivity index (χ0n) is 15.5. The van der Waals surface area contributed by atoms with E-state index in [2.05, 4.69) is 31.1 Å². The predicted octanol–water partition coefficient (Wildman–Crippen LogP) is 3.04. The molecule has 4 rings (SSSR count). The van der Waals surface area contributed by atoms with Crippen LogP contribution in [-0.2, 0) is 22.6 Å². The Morgan fingerprint density at radius 3 is 3.04 bits per heavy atom. The van der Waals surface area contributed by atoms with Crippen molar-refractivity contribution in [3.8, 4) is 0 Å². The number of aryl methyl sites for hydroxylation is 1. The minimum absolute atomic E-state index is 0.394. The minimum atomic E-state index is 0.394. The van der Waals surface area contributed by atoms with Crippen molar-refractivity contribution in [2.24, 2.45) is 5.92 Å². The summed E-state index contributed by atoms with van der Waals surface area (Å²) in [6, 6.07) is 2.55. The molecule has 7 heteroatoms. The van der Waals surface area contributed by atoms with Crippen LogP contribution in [0, 0.1) is 12.8 Å². The van der Waals surface area contributed by atoms with Crippen molar-refractivity contribution >= 4 is 11.3 Å². The van der Waals surface area contributed by atoms with Gasteiger partial charge in [0, 0.05) is 51.0 Å². The molecular formula is C19H28N4O2S. The van der Waals surface area contributed by atoms with Gasteiger partial charge in [-0.1, -0.05) is 0 Å². The van der Waals surface area contributed by atoms with E-state index in [1.165, 1.54) is 25.1 Å². The summed E-state index contributed by atoms with van der Waals surface area (Å²) in [6.07, 6.45) is 5.30. The Bertz CT molecular complexity index is 695. The van der Waals surface area contributed by atoms with E-state index in [9.17, 15) is 0 Å². The highest BCUT2D eigenvalue weighted by molar-refractivity contribution is 7.09. The Morgan fingerprint density at radius 1 is 1.35 bits per heavy atom. The van der Waals surface area contributed by atoms with Crippen LogP contribution < -0.4 is 0 Å². The maximum Gasteiger partial charge on any atom is 0.0898 e. The van der Waals surface area contributed by atoms with E-state index in [1.807, 2.05) is 13.1 Å². The smallest absolute Gasteiger partial charge is 0.0898 e. The lowest BCUT2D eigenvalue weighted by Crippen LogP contribution is -2.41. The molecule has 0 amide bonds. The zero-order valence-corrected chi connectivity index (χ0v) is 16.3. The fourth-order valence-electron chi connectivity index (χ4n) is 3.98. The average molecular weight is 377 g/mol. The van der Waals surface area contributed by atoms with Gasteiger partial charge in [-0.3, -0.25) is 9.58 Å². The van der Waals surface area contributed by atoms with Gasteiger partial charge in [-0.2, -0.15) is 5.10 Å². The maximum atomic E-state index is 5.88. The molecule has 2 aliphatic rings. The Balaban J connectivity index is 1.29. The summed E-state index contributed by atoms with van der Waals surface area (Å²) in [7, 11) is 0. The van der Waals surface area contributed by atoms with E-state index >= 15 is 0 Å². The van der Waals surface area contributed by atoms with E-state index < -0.39 is 0 Å². The lowest BCUT2D eigenvalue weighted by Gasteiger charge is -2.36. The van der Waals surface area contributed by atoms with Gasteiger partial charge in [-0.05, 0) is 38.2 Å². The molecule has 0 radical (unpaired) electrons. The van der Waals surface area contributed by atoms with Gasteiger partial charge in [0.05, 0.1) is 29.0 Å². The summed E-state index contributed by atoms with van der Waals surface area (Å²) in [6.45, 7) is 8.46. The third-order valence-corrected chi connectivity index (χ3v) is 6.14. The summed E-state index contributed by atoms with van der Waals surface area (Å²) in [5.41, 5.74) is 2.36. The number of rotatable bonds is 7. The first-order valence-electron chi connectivity index (χ1n) is 9.59. The fraction of sp³-hybridized carbons (Fsp3) is 0.684. The number of hydrogen-bond donors (Lipinski definition) is 0. The van der Waals surface area contributed by atoms with Crippen LogP contribution in [0.4, 0.5) is 0 Å². The van der Waals surface area contributed by atoms with Crippen LogP contribution in [0.2, 0.25) is 0 Å². The number of aromatic nitrogens is 3. The van der Waals surface area contributed by atoms with Crippen molar-refractivity contribution in [2.75, 3.05) is 32.9 Å². The highest BCUT2D eigenvalue weighted by Crippen LogP contribution is 2.26. The molecule has 1 fully saturated rings. The van der Waals surface area contributed by atoms with E-state index in [0.717, 1.165) is 56.0 Å². The van der Waals surface area contributed by atoms with Gasteiger partial charge in [-0.25, -0.2) is 4.98 Å². The van der Waals surface area contributed by atoms with E-state index in [-0.39, 0.29) is 0 Å². The van der Waals surface area contributed by atoms with Crippen LogP contribution in [0.3, 0.4) is 0 Å². The summed E-state index contributed by atoms with van der Waals surface area (Å²) < 4.78 is 13.6. The summed E-state index contributed by atoms with van der Waals surface area (Å²) >= 11 is 1.68. The lowest BCUT2D eigenvalue weighted by molar-refractivity contribution is 0.0405. The molecule has 2 aromatic rings. The SMILES string of the molecule is Cc1nc(COCC[C@@H]2CN(CC3CCOCC3)Cc3ccnn32)cs1. The monoisotopic (exact) mass is 376 g/mol. The second-order valence-corrected chi connectivity index (χ2v) is 8.43. The van der Waals surface area contributed by atoms with Gasteiger partial charge >= 0.3 is 0 Å². The van der Waals surface area contributed by atoms with Crippen LogP contribution in [0.1, 0.15) is 41.7 Å². The fourth-order valence-corrected chi connectivity index (χ4v) is 4.58. The highest BCUT2D eigenvalue weighted by Gasteiger charge is 2.27. The van der Waals surface area contributed by atoms with Crippen molar-refractivity contribution < 1.29 is 9.47 Å². The summed E-state index contributed by atoms with van der Waals surface area (Å²) in [4.78, 5) is 7.06. The minimum Gasteiger partial charge on any atom is -0.381 e. The van der Waals surface area contributed by atoms with Crippen LogP contribution in [0.25, 0.3) is 0 Å². The molecule has 0 aromatic carbocycles.